The molecule has 0 saturated carbocycles. The number of benzene rings is 15. The molecule has 0 unspecified atom stereocenters. The summed E-state index contributed by atoms with van der Waals surface area (Å²) < 4.78 is 47.6. The zero-order chi connectivity index (χ0) is 93.6. The van der Waals surface area contributed by atoms with E-state index in [9.17, 15) is 0 Å². The van der Waals surface area contributed by atoms with Gasteiger partial charge < -0.3 is 22.1 Å². The summed E-state index contributed by atoms with van der Waals surface area (Å²) in [6.07, 6.45) is 9.24. The lowest BCUT2D eigenvalue weighted by molar-refractivity contribution is -0.660. The Morgan fingerprint density at radius 1 is 0.285 bits per heavy atom. The molecule has 137 heavy (non-hydrogen) atoms. The number of aromatic nitrogens is 9. The number of hydrogen-bond donors (Lipinski definition) is 0. The van der Waals surface area contributed by atoms with Gasteiger partial charge >= 0.3 is 0 Å². The Kier molecular flexibility index (Phi) is 20.7. The van der Waals surface area contributed by atoms with E-state index in [-0.39, 0.29) is 0 Å². The molecule has 0 fully saturated rings. The minimum atomic E-state index is 0.687. The molecule has 12 heterocycles. The Labute approximate surface area is 791 Å². The number of hydrogen-bond acceptors (Lipinski definition) is 7. The third kappa shape index (κ3) is 14.1. The highest BCUT2D eigenvalue weighted by Crippen LogP contribution is 2.47. The number of nitrogens with zero attached hydrogens (tertiary/aromatic N) is 9. The van der Waals surface area contributed by atoms with Crippen molar-refractivity contribution in [2.45, 2.75) is 61.8 Å². The number of imidazole rings is 2. The van der Waals surface area contributed by atoms with Gasteiger partial charge in [-0.25, -0.2) is 41.9 Å². The molecule has 0 aliphatic carbocycles. The molecule has 15 aromatic carbocycles. The lowest BCUT2D eigenvalue weighted by Gasteiger charge is -2.07. The molecule has 14 heteroatoms. The predicted molar refractivity (Wildman–Crippen MR) is 560 cm³/mol. The Balaban J connectivity index is 0.0000000963. The van der Waals surface area contributed by atoms with Gasteiger partial charge in [-0.05, 0) is 204 Å². The van der Waals surface area contributed by atoms with Crippen LogP contribution >= 0.6 is 0 Å². The maximum atomic E-state index is 6.48. The highest BCUT2D eigenvalue weighted by atomic mass is 16.4. The minimum absolute atomic E-state index is 0.687. The molecule has 0 atom stereocenters. The second kappa shape index (κ2) is 33.5. The number of furan rings is 5. The van der Waals surface area contributed by atoms with Crippen LogP contribution in [0, 0.1) is 48.5 Å². The Morgan fingerprint density at radius 3 is 1.12 bits per heavy atom. The summed E-state index contributed by atoms with van der Waals surface area (Å²) in [6.45, 7) is 17.1. The van der Waals surface area contributed by atoms with Gasteiger partial charge in [-0.3, -0.25) is 0 Å². The lowest BCUT2D eigenvalue weighted by Crippen LogP contribution is -2.30. The van der Waals surface area contributed by atoms with E-state index in [0.29, 0.717) is 11.4 Å². The van der Waals surface area contributed by atoms with Gasteiger partial charge in [-0.15, -0.1) is 0 Å². The fraction of sp³-hybridized carbons (Fsp3) is 0.130. The standard InChI is InChI=1S/C26H22N3O.C25H20N3O.C25H22NO.C24H20NO.C23H18NO/c1-15-13-14-19-23-18-10-6-5-9-17(18)16(2)27-25(23)30-24(19)22(15)26-28(3)20-11-7-8-12-21(20)29(26)4;1-15-12-13-18-22-17-9-5-4-8-16(17)14-26-24(22)29-23(18)21(15)25-27(2)19-10-6-7-11-20(19)28(25)3;1-4-17-11-12-26(3)22(13-17)24-16(2)9-10-20-21-14-18-7-5-6-8-19(18)15-23(21)27-25(20)24;1-15-10-11-25(3)21(12-15)23-16(2)8-9-19-20-13-17-6-4-5-7-18(17)14-22(20)26-24(19)23;1-15-10-11-18-19-13-16-7-3-4-8-17(16)14-21(19)25-23(18)22(15)20-9-5-6-12-24(20)2/h5-14H,1-4H3;4-14H,1-3H3;5-15H,4H2,1-3H3;4-14H,1-3H3;3-14H,1-2H3/q5*+1. The normalized spacial score (nSPS) is 11.8. The van der Waals surface area contributed by atoms with Crippen molar-refractivity contribution in [2.24, 2.45) is 49.3 Å². The average Bonchev–Trinajstić information content (AvgIpc) is 1.58. The van der Waals surface area contributed by atoms with E-state index >= 15 is 0 Å². The largest absolute Gasteiger partial charge is 0.455 e. The van der Waals surface area contributed by atoms with Crippen LogP contribution in [-0.4, -0.2) is 19.1 Å². The van der Waals surface area contributed by atoms with E-state index < -0.39 is 0 Å². The van der Waals surface area contributed by atoms with E-state index in [1.807, 2.05) is 25.3 Å². The molecule has 0 spiro atoms. The number of para-hydroxylation sites is 4. The minimum Gasteiger partial charge on any atom is -0.455 e. The molecule has 12 aromatic heterocycles. The SMILES string of the molecule is CCc1cc[n+](C)c(-c2c(C)ccc3c2oc2cc4ccccc4cc23)c1.Cc1cc[n+](C)c(-c2c(C)ccc3c2oc2cc4ccccc4cc23)c1.Cc1ccc2c(oc3cc4ccccc4cc32)c1-c1cccc[n+]1C.Cc1ccc2c(oc3nc(C)c4ccccc4c32)c1-c1n(C)c2ccccc2[n+]1C.Cc1ccc2c(oc3ncc4ccccc4c32)c1-c1n(C)c2ccccc2[n+]1C. The van der Waals surface area contributed by atoms with E-state index in [0.717, 1.165) is 112 Å². The molecular weight excluding hydrogens is 1680 g/mol. The van der Waals surface area contributed by atoms with Crippen LogP contribution in [0.1, 0.15) is 51.6 Å². The first kappa shape index (κ1) is 84.5. The van der Waals surface area contributed by atoms with E-state index in [1.165, 1.54) is 170 Å². The molecular formula is C123H102N9O5+5. The third-order valence-electron chi connectivity index (χ3n) is 28.3. The maximum absolute atomic E-state index is 6.48. The Bertz CT molecular complexity index is 9610. The monoisotopic (exact) mass is 1780 g/mol. The Morgan fingerprint density at radius 2 is 0.650 bits per heavy atom. The maximum Gasteiger partial charge on any atom is 0.293 e. The van der Waals surface area contributed by atoms with Crippen LogP contribution in [0.15, 0.2) is 356 Å². The number of aryl methyl sites for hydroxylation is 15. The van der Waals surface area contributed by atoms with Crippen molar-refractivity contribution >= 4 is 186 Å². The second-order valence-corrected chi connectivity index (χ2v) is 36.9. The zero-order valence-corrected chi connectivity index (χ0v) is 79.5. The van der Waals surface area contributed by atoms with Gasteiger partial charge in [0.1, 0.15) is 65.8 Å². The van der Waals surface area contributed by atoms with Gasteiger partial charge in [0.2, 0.25) is 28.5 Å². The van der Waals surface area contributed by atoms with E-state index in [1.54, 1.807) is 0 Å². The van der Waals surface area contributed by atoms with Gasteiger partial charge in [0.15, 0.2) is 51.8 Å². The quantitative estimate of drug-likeness (QED) is 0.152. The highest BCUT2D eigenvalue weighted by Gasteiger charge is 2.33. The fourth-order valence-electron chi connectivity index (χ4n) is 21.2. The summed E-state index contributed by atoms with van der Waals surface area (Å²) in [7, 11) is 14.7. The third-order valence-corrected chi connectivity index (χ3v) is 28.3. The van der Waals surface area contributed by atoms with Gasteiger partial charge in [0.25, 0.3) is 11.6 Å². The first-order chi connectivity index (χ1) is 66.7. The van der Waals surface area contributed by atoms with Gasteiger partial charge in [-0.2, -0.15) is 0 Å². The molecule has 27 rings (SSSR count). The number of fused-ring (bicyclic) bond motifs is 24. The number of pyridine rings is 5. The molecule has 0 aliphatic heterocycles. The molecule has 0 saturated heterocycles. The van der Waals surface area contributed by atoms with Gasteiger partial charge in [0.05, 0.1) is 55.7 Å². The van der Waals surface area contributed by atoms with Crippen molar-refractivity contribution in [1.29, 1.82) is 0 Å². The van der Waals surface area contributed by atoms with Gasteiger partial charge in [0, 0.05) is 102 Å². The lowest BCUT2D eigenvalue weighted by atomic mass is 9.98. The molecule has 0 N–H and O–H groups in total. The van der Waals surface area contributed by atoms with Crippen molar-refractivity contribution in [2.75, 3.05) is 0 Å². The summed E-state index contributed by atoms with van der Waals surface area (Å²) in [5.41, 5.74) is 32.6. The smallest absolute Gasteiger partial charge is 0.293 e. The van der Waals surface area contributed by atoms with Crippen molar-refractivity contribution in [3.05, 3.63) is 379 Å². The van der Waals surface area contributed by atoms with Crippen molar-refractivity contribution in [3.8, 4) is 56.5 Å². The average molecular weight is 1790 g/mol. The topological polar surface area (TPSA) is 121 Å². The summed E-state index contributed by atoms with van der Waals surface area (Å²) in [5.74, 6) is 2.25. The van der Waals surface area contributed by atoms with Crippen LogP contribution in [0.4, 0.5) is 0 Å². The summed E-state index contributed by atoms with van der Waals surface area (Å²) in [5, 5.41) is 23.5. The summed E-state index contributed by atoms with van der Waals surface area (Å²) in [6, 6.07) is 109. The van der Waals surface area contributed by atoms with Gasteiger partial charge in [-0.1, -0.05) is 213 Å². The van der Waals surface area contributed by atoms with Crippen LogP contribution in [0.2, 0.25) is 0 Å². The summed E-state index contributed by atoms with van der Waals surface area (Å²) >= 11 is 0. The van der Waals surface area contributed by atoms with Crippen LogP contribution in [0.5, 0.6) is 0 Å². The van der Waals surface area contributed by atoms with Crippen LogP contribution in [0.3, 0.4) is 0 Å². The van der Waals surface area contributed by atoms with E-state index in [4.69, 9.17) is 27.1 Å². The zero-order valence-electron chi connectivity index (χ0n) is 79.5. The number of rotatable bonds is 6. The van der Waals surface area contributed by atoms with Crippen LogP contribution in [0.25, 0.3) is 242 Å². The van der Waals surface area contributed by atoms with Crippen molar-refractivity contribution in [3.63, 3.8) is 0 Å². The molecule has 27 aromatic rings. The molecule has 664 valence electrons. The van der Waals surface area contributed by atoms with Crippen molar-refractivity contribution < 1.29 is 44.9 Å². The van der Waals surface area contributed by atoms with Crippen LogP contribution < -0.4 is 22.8 Å². The molecule has 0 aliphatic rings. The Hall–Kier alpha value is -16.7. The van der Waals surface area contributed by atoms with Crippen LogP contribution in [-0.2, 0) is 55.8 Å². The first-order valence-corrected chi connectivity index (χ1v) is 46.9. The first-order valence-electron chi connectivity index (χ1n) is 46.9. The van der Waals surface area contributed by atoms with Crippen molar-refractivity contribution in [1.82, 2.24) is 19.1 Å². The molecule has 14 nitrogen and oxygen atoms in total. The molecule has 0 radical (unpaired) electrons. The fourth-order valence-corrected chi connectivity index (χ4v) is 21.2. The molecule has 0 bridgehead atoms. The summed E-state index contributed by atoms with van der Waals surface area (Å²) in [4.78, 5) is 9.43. The predicted octanol–water partition coefficient (Wildman–Crippen LogP) is 28.6. The molecule has 0 amide bonds. The second-order valence-electron chi connectivity index (χ2n) is 36.9. The highest BCUT2D eigenvalue weighted by molar-refractivity contribution is 6.22. The van der Waals surface area contributed by atoms with E-state index in [2.05, 4.69) is 451 Å².